The van der Waals surface area contributed by atoms with Gasteiger partial charge in [0.15, 0.2) is 5.78 Å². The smallest absolute Gasteiger partial charge is 0.270 e. The maximum absolute atomic E-state index is 12.9. The average molecular weight is 392 g/mol. The van der Waals surface area contributed by atoms with Crippen LogP contribution in [0.15, 0.2) is 77.7 Å². The number of amides is 1. The molecule has 0 fully saturated rings. The number of thioether (sulfide) groups is 1. The minimum absolute atomic E-state index is 0.0652. The number of hydrogen-bond donors (Lipinski definition) is 1. The Labute approximate surface area is 165 Å². The monoisotopic (exact) mass is 392 g/mol. The Kier molecular flexibility index (Phi) is 5.86. The van der Waals surface area contributed by atoms with Crippen LogP contribution in [0.2, 0.25) is 0 Å². The number of nitrogens with zero attached hydrogens (tertiary/aromatic N) is 1. The van der Waals surface area contributed by atoms with Gasteiger partial charge in [0.05, 0.1) is 21.7 Å². The first-order chi connectivity index (χ1) is 13.5. The van der Waals surface area contributed by atoms with Gasteiger partial charge in [0.2, 0.25) is 0 Å². The Balaban J connectivity index is 2.02. The van der Waals surface area contributed by atoms with Gasteiger partial charge in [-0.15, -0.1) is 11.8 Å². The van der Waals surface area contributed by atoms with Crippen molar-refractivity contribution in [3.63, 3.8) is 0 Å². The van der Waals surface area contributed by atoms with Gasteiger partial charge in [0.25, 0.3) is 11.6 Å². The predicted molar refractivity (Wildman–Crippen MR) is 109 cm³/mol. The number of hydrogen-bond acceptors (Lipinski definition) is 5. The Morgan fingerprint density at radius 3 is 2.29 bits per heavy atom. The molecule has 7 heteroatoms. The fraction of sp³-hybridized carbons (Fsp3) is 0.0476. The van der Waals surface area contributed by atoms with Crippen LogP contribution in [0.1, 0.15) is 26.3 Å². The number of nitrogens with one attached hydrogen (secondary N) is 1. The van der Waals surface area contributed by atoms with Crippen molar-refractivity contribution < 1.29 is 14.5 Å². The van der Waals surface area contributed by atoms with Crippen LogP contribution in [-0.4, -0.2) is 22.9 Å². The van der Waals surface area contributed by atoms with Crippen LogP contribution in [0.25, 0.3) is 0 Å². The predicted octanol–water partition coefficient (Wildman–Crippen LogP) is 4.80. The molecule has 3 aromatic carbocycles. The second kappa shape index (κ2) is 8.49. The zero-order chi connectivity index (χ0) is 20.1. The first-order valence-electron chi connectivity index (χ1n) is 8.34. The summed E-state index contributed by atoms with van der Waals surface area (Å²) >= 11 is 1.43. The number of carbonyl (C=O) groups is 2. The van der Waals surface area contributed by atoms with Crippen LogP contribution in [0.5, 0.6) is 0 Å². The van der Waals surface area contributed by atoms with Gasteiger partial charge < -0.3 is 5.32 Å². The Bertz CT molecular complexity index is 1050. The number of nitro benzene ring substituents is 1. The van der Waals surface area contributed by atoms with E-state index in [1.54, 1.807) is 42.5 Å². The van der Waals surface area contributed by atoms with E-state index in [0.717, 1.165) is 4.90 Å². The molecule has 0 aromatic heterocycles. The van der Waals surface area contributed by atoms with E-state index in [1.165, 1.54) is 30.0 Å². The molecule has 28 heavy (non-hydrogen) atoms. The van der Waals surface area contributed by atoms with E-state index in [0.29, 0.717) is 11.1 Å². The topological polar surface area (TPSA) is 89.3 Å². The number of anilines is 1. The van der Waals surface area contributed by atoms with Crippen LogP contribution < -0.4 is 5.32 Å². The van der Waals surface area contributed by atoms with Gasteiger partial charge in [0.1, 0.15) is 0 Å². The molecule has 1 N–H and O–H groups in total. The third-order valence-corrected chi connectivity index (χ3v) is 4.89. The molecule has 0 spiro atoms. The summed E-state index contributed by atoms with van der Waals surface area (Å²) in [5, 5.41) is 13.9. The van der Waals surface area contributed by atoms with E-state index in [4.69, 9.17) is 0 Å². The maximum Gasteiger partial charge on any atom is 0.270 e. The molecule has 0 bridgehead atoms. The number of non-ortho nitro benzene ring substituents is 1. The molecule has 0 saturated heterocycles. The van der Waals surface area contributed by atoms with Crippen molar-refractivity contribution in [3.05, 3.63) is 99.6 Å². The molecule has 3 aromatic rings. The third kappa shape index (κ3) is 4.10. The van der Waals surface area contributed by atoms with E-state index < -0.39 is 10.7 Å². The van der Waals surface area contributed by atoms with Gasteiger partial charge >= 0.3 is 0 Å². The molecule has 0 aliphatic heterocycles. The quantitative estimate of drug-likeness (QED) is 0.282. The van der Waals surface area contributed by atoms with Crippen molar-refractivity contribution in [3.8, 4) is 0 Å². The first kappa shape index (κ1) is 19.3. The molecule has 0 aliphatic rings. The zero-order valence-electron chi connectivity index (χ0n) is 14.9. The Hall–Kier alpha value is -3.45. The van der Waals surface area contributed by atoms with Crippen LogP contribution >= 0.6 is 11.8 Å². The van der Waals surface area contributed by atoms with Gasteiger partial charge in [0, 0.05) is 22.6 Å². The fourth-order valence-corrected chi connectivity index (χ4v) is 3.30. The van der Waals surface area contributed by atoms with Crippen molar-refractivity contribution >= 4 is 34.8 Å². The Morgan fingerprint density at radius 1 is 0.929 bits per heavy atom. The van der Waals surface area contributed by atoms with Crippen LogP contribution in [0, 0.1) is 10.1 Å². The largest absolute Gasteiger partial charge is 0.321 e. The van der Waals surface area contributed by atoms with Gasteiger partial charge in [-0.25, -0.2) is 0 Å². The second-order valence-electron chi connectivity index (χ2n) is 5.84. The van der Waals surface area contributed by atoms with Crippen LogP contribution in [-0.2, 0) is 0 Å². The molecule has 0 unspecified atom stereocenters. The first-order valence-corrected chi connectivity index (χ1v) is 9.56. The summed E-state index contributed by atoms with van der Waals surface area (Å²) in [6.45, 7) is 0. The number of rotatable bonds is 6. The summed E-state index contributed by atoms with van der Waals surface area (Å²) in [6.07, 6.45) is 1.86. The molecular weight excluding hydrogens is 376 g/mol. The summed E-state index contributed by atoms with van der Waals surface area (Å²) in [5.74, 6) is -0.793. The van der Waals surface area contributed by atoms with E-state index in [1.807, 2.05) is 18.4 Å². The zero-order valence-corrected chi connectivity index (χ0v) is 15.7. The lowest BCUT2D eigenvalue weighted by molar-refractivity contribution is -0.384. The molecule has 1 amide bonds. The molecule has 0 saturated carbocycles. The van der Waals surface area contributed by atoms with Crippen molar-refractivity contribution in [1.82, 2.24) is 0 Å². The summed E-state index contributed by atoms with van der Waals surface area (Å²) < 4.78 is 0. The van der Waals surface area contributed by atoms with Crippen molar-refractivity contribution in [2.45, 2.75) is 4.90 Å². The highest BCUT2D eigenvalue weighted by atomic mass is 32.2. The number of carbonyl (C=O) groups excluding carboxylic acids is 2. The summed E-state index contributed by atoms with van der Waals surface area (Å²) in [4.78, 5) is 37.0. The lowest BCUT2D eigenvalue weighted by Crippen LogP contribution is -2.16. The van der Waals surface area contributed by atoms with Crippen LogP contribution in [0.4, 0.5) is 11.4 Å². The SMILES string of the molecule is CSc1ccccc1C(=O)Nc1ccc([N+](=O)[O-])cc1C(=O)c1ccccc1. The summed E-state index contributed by atoms with van der Waals surface area (Å²) in [7, 11) is 0. The molecule has 140 valence electrons. The van der Waals surface area contributed by atoms with Crippen molar-refractivity contribution in [2.24, 2.45) is 0 Å². The molecule has 0 aliphatic carbocycles. The highest BCUT2D eigenvalue weighted by Crippen LogP contribution is 2.27. The lowest BCUT2D eigenvalue weighted by atomic mass is 10.0. The van der Waals surface area contributed by atoms with Gasteiger partial charge in [-0.3, -0.25) is 19.7 Å². The Morgan fingerprint density at radius 2 is 1.61 bits per heavy atom. The van der Waals surface area contributed by atoms with E-state index in [9.17, 15) is 19.7 Å². The van der Waals surface area contributed by atoms with Crippen molar-refractivity contribution in [1.29, 1.82) is 0 Å². The molecule has 0 radical (unpaired) electrons. The van der Waals surface area contributed by atoms with Gasteiger partial charge in [-0.05, 0) is 24.5 Å². The summed E-state index contributed by atoms with van der Waals surface area (Å²) in [5.41, 5.74) is 0.909. The molecule has 0 atom stereocenters. The van der Waals surface area contributed by atoms with E-state index in [2.05, 4.69) is 5.32 Å². The summed E-state index contributed by atoms with van der Waals surface area (Å²) in [6, 6.07) is 19.3. The second-order valence-corrected chi connectivity index (χ2v) is 6.68. The highest BCUT2D eigenvalue weighted by molar-refractivity contribution is 7.98. The fourth-order valence-electron chi connectivity index (χ4n) is 2.71. The molecule has 6 nitrogen and oxygen atoms in total. The average Bonchev–Trinajstić information content (AvgIpc) is 2.73. The van der Waals surface area contributed by atoms with E-state index in [-0.39, 0.29) is 22.8 Å². The number of ketones is 1. The highest BCUT2D eigenvalue weighted by Gasteiger charge is 2.20. The normalized spacial score (nSPS) is 10.3. The third-order valence-electron chi connectivity index (χ3n) is 4.09. The van der Waals surface area contributed by atoms with Gasteiger partial charge in [-0.2, -0.15) is 0 Å². The minimum atomic E-state index is -0.573. The van der Waals surface area contributed by atoms with Crippen LogP contribution in [0.3, 0.4) is 0 Å². The lowest BCUT2D eigenvalue weighted by Gasteiger charge is -2.12. The standard InChI is InChI=1S/C21H16N2O4S/c1-28-19-10-6-5-9-16(19)21(25)22-18-12-11-15(23(26)27)13-17(18)20(24)14-7-3-2-4-8-14/h2-13H,1H3,(H,22,25). The minimum Gasteiger partial charge on any atom is -0.321 e. The van der Waals surface area contributed by atoms with Crippen molar-refractivity contribution in [2.75, 3.05) is 11.6 Å². The molecule has 3 rings (SSSR count). The number of benzene rings is 3. The van der Waals surface area contributed by atoms with Gasteiger partial charge in [-0.1, -0.05) is 42.5 Å². The maximum atomic E-state index is 12.9. The van der Waals surface area contributed by atoms with E-state index >= 15 is 0 Å². The molecular formula is C21H16N2O4S. The number of nitro groups is 1. The molecule has 0 heterocycles.